The summed E-state index contributed by atoms with van der Waals surface area (Å²) in [5.74, 6) is 0.288. The van der Waals surface area contributed by atoms with Crippen LogP contribution in [0.3, 0.4) is 0 Å². The Hall–Kier alpha value is -4.24. The number of imidazole rings is 1. The number of aromatic nitrogens is 2. The van der Waals surface area contributed by atoms with Crippen LogP contribution < -0.4 is 10.6 Å². The average molecular weight is 516 g/mol. The number of rotatable bonds is 6. The minimum Gasteiger partial charge on any atom is -0.378 e. The molecule has 0 bridgehead atoms. The molecule has 38 heavy (non-hydrogen) atoms. The van der Waals surface area contributed by atoms with Crippen molar-refractivity contribution in [3.8, 4) is 11.1 Å². The van der Waals surface area contributed by atoms with Gasteiger partial charge in [-0.3, -0.25) is 14.5 Å². The van der Waals surface area contributed by atoms with E-state index >= 15 is 0 Å². The van der Waals surface area contributed by atoms with Crippen LogP contribution in [0.5, 0.6) is 0 Å². The summed E-state index contributed by atoms with van der Waals surface area (Å²) in [5, 5.41) is 5.77. The number of nitrogens with one attached hydrogen (secondary N) is 2. The van der Waals surface area contributed by atoms with Crippen molar-refractivity contribution in [2.24, 2.45) is 0 Å². The van der Waals surface area contributed by atoms with Crippen molar-refractivity contribution >= 4 is 23.4 Å². The zero-order valence-corrected chi connectivity index (χ0v) is 21.5. The molecular formula is C29H30FN5O3. The second kappa shape index (κ2) is 11.0. The van der Waals surface area contributed by atoms with E-state index in [-0.39, 0.29) is 24.3 Å². The van der Waals surface area contributed by atoms with Crippen molar-refractivity contribution in [1.29, 1.82) is 0 Å². The number of amides is 3. The van der Waals surface area contributed by atoms with E-state index in [2.05, 4.69) is 16.7 Å². The number of anilines is 1. The predicted octanol–water partition coefficient (Wildman–Crippen LogP) is 4.81. The van der Waals surface area contributed by atoms with E-state index in [1.165, 1.54) is 12.1 Å². The third-order valence-corrected chi connectivity index (χ3v) is 6.67. The van der Waals surface area contributed by atoms with Crippen LogP contribution >= 0.6 is 0 Å². The van der Waals surface area contributed by atoms with Crippen molar-refractivity contribution < 1.29 is 18.7 Å². The summed E-state index contributed by atoms with van der Waals surface area (Å²) in [4.78, 5) is 32.1. The Morgan fingerprint density at radius 3 is 2.42 bits per heavy atom. The van der Waals surface area contributed by atoms with Crippen LogP contribution in [0.1, 0.15) is 34.1 Å². The number of hydrogen-bond acceptors (Lipinski definition) is 4. The minimum absolute atomic E-state index is 0.00631. The zero-order chi connectivity index (χ0) is 26.6. The molecule has 3 heterocycles. The van der Waals surface area contributed by atoms with Crippen LogP contribution in [-0.2, 0) is 17.7 Å². The number of morpholine rings is 1. The SMILES string of the molecule is CCc1nc2c(C)cc(-c3ccc(C(=O)N4CCOCC4)cc3)cn2c1NC(=O)NCc1ccc(F)cc1. The van der Waals surface area contributed by atoms with Gasteiger partial charge in [-0.1, -0.05) is 31.2 Å². The molecule has 8 nitrogen and oxygen atoms in total. The van der Waals surface area contributed by atoms with E-state index in [0.717, 1.165) is 33.6 Å². The molecular weight excluding hydrogens is 485 g/mol. The highest BCUT2D eigenvalue weighted by molar-refractivity contribution is 5.95. The van der Waals surface area contributed by atoms with Gasteiger partial charge in [0.05, 0.1) is 18.9 Å². The van der Waals surface area contributed by atoms with Crippen molar-refractivity contribution in [3.05, 3.63) is 89.0 Å². The molecule has 1 saturated heterocycles. The number of ether oxygens (including phenoxy) is 1. The summed E-state index contributed by atoms with van der Waals surface area (Å²) in [6, 6.07) is 15.3. The number of aryl methyl sites for hydroxylation is 2. The quantitative estimate of drug-likeness (QED) is 0.386. The van der Waals surface area contributed by atoms with Crippen LogP contribution in [-0.4, -0.2) is 52.5 Å². The van der Waals surface area contributed by atoms with Gasteiger partial charge in [-0.05, 0) is 65.9 Å². The number of carbonyl (C=O) groups is 2. The first-order chi connectivity index (χ1) is 18.4. The fourth-order valence-corrected chi connectivity index (χ4v) is 4.58. The van der Waals surface area contributed by atoms with Gasteiger partial charge < -0.3 is 15.0 Å². The third kappa shape index (κ3) is 5.38. The van der Waals surface area contributed by atoms with Gasteiger partial charge in [0, 0.05) is 31.4 Å². The van der Waals surface area contributed by atoms with Crippen LogP contribution in [0.25, 0.3) is 16.8 Å². The lowest BCUT2D eigenvalue weighted by Crippen LogP contribution is -2.40. The number of halogens is 1. The molecule has 4 aromatic rings. The first-order valence-corrected chi connectivity index (χ1v) is 12.7. The number of fused-ring (bicyclic) bond motifs is 1. The summed E-state index contributed by atoms with van der Waals surface area (Å²) < 4.78 is 20.4. The largest absolute Gasteiger partial charge is 0.378 e. The molecule has 0 radical (unpaired) electrons. The molecule has 196 valence electrons. The molecule has 0 atom stereocenters. The molecule has 0 aliphatic carbocycles. The molecule has 0 spiro atoms. The fourth-order valence-electron chi connectivity index (χ4n) is 4.58. The van der Waals surface area contributed by atoms with Gasteiger partial charge in [0.25, 0.3) is 5.91 Å². The molecule has 0 unspecified atom stereocenters. The Balaban J connectivity index is 1.38. The predicted molar refractivity (Wildman–Crippen MR) is 144 cm³/mol. The van der Waals surface area contributed by atoms with Gasteiger partial charge in [-0.15, -0.1) is 0 Å². The molecule has 2 aromatic carbocycles. The van der Waals surface area contributed by atoms with Crippen molar-refractivity contribution in [2.45, 2.75) is 26.8 Å². The Morgan fingerprint density at radius 2 is 1.74 bits per heavy atom. The standard InChI is InChI=1S/C29H30FN5O3/c1-3-25-27(33-29(37)31-17-20-4-10-24(30)11-5-20)35-18-23(16-19(2)26(35)32-25)21-6-8-22(9-7-21)28(36)34-12-14-38-15-13-34/h4-11,16,18H,3,12-15,17H2,1-2H3,(H2,31,33,37). The summed E-state index contributed by atoms with van der Waals surface area (Å²) in [5.41, 5.74) is 5.83. The van der Waals surface area contributed by atoms with E-state index in [1.54, 1.807) is 12.1 Å². The number of nitrogens with zero attached hydrogens (tertiary/aromatic N) is 3. The molecule has 5 rings (SSSR count). The van der Waals surface area contributed by atoms with Crippen LogP contribution in [0.15, 0.2) is 60.8 Å². The van der Waals surface area contributed by atoms with E-state index in [0.29, 0.717) is 44.1 Å². The van der Waals surface area contributed by atoms with Crippen LogP contribution in [0.4, 0.5) is 15.0 Å². The molecule has 3 amide bonds. The smallest absolute Gasteiger partial charge is 0.320 e. The maximum absolute atomic E-state index is 13.2. The fraction of sp³-hybridized carbons (Fsp3) is 0.276. The minimum atomic E-state index is -0.375. The highest BCUT2D eigenvalue weighted by Gasteiger charge is 2.19. The lowest BCUT2D eigenvalue weighted by atomic mass is 10.0. The Bertz CT molecular complexity index is 1460. The van der Waals surface area contributed by atoms with Gasteiger partial charge in [0.1, 0.15) is 17.3 Å². The average Bonchev–Trinajstić information content (AvgIpc) is 3.30. The van der Waals surface area contributed by atoms with Crippen LogP contribution in [0, 0.1) is 12.7 Å². The number of carbonyl (C=O) groups excluding carboxylic acids is 2. The van der Waals surface area contributed by atoms with Gasteiger partial charge in [-0.25, -0.2) is 14.2 Å². The molecule has 2 N–H and O–H groups in total. The highest BCUT2D eigenvalue weighted by atomic mass is 19.1. The Morgan fingerprint density at radius 1 is 1.03 bits per heavy atom. The first-order valence-electron chi connectivity index (χ1n) is 12.7. The molecule has 2 aromatic heterocycles. The second-order valence-electron chi connectivity index (χ2n) is 9.28. The normalized spacial score (nSPS) is 13.5. The number of urea groups is 1. The molecule has 9 heteroatoms. The first kappa shape index (κ1) is 25.4. The van der Waals surface area contributed by atoms with E-state index < -0.39 is 0 Å². The summed E-state index contributed by atoms with van der Waals surface area (Å²) in [6.45, 7) is 6.57. The number of pyridine rings is 1. The van der Waals surface area contributed by atoms with Gasteiger partial charge in [0.15, 0.2) is 0 Å². The van der Waals surface area contributed by atoms with Gasteiger partial charge in [-0.2, -0.15) is 0 Å². The van der Waals surface area contributed by atoms with Crippen molar-refractivity contribution in [3.63, 3.8) is 0 Å². The van der Waals surface area contributed by atoms with Crippen LogP contribution in [0.2, 0.25) is 0 Å². The van der Waals surface area contributed by atoms with Gasteiger partial charge in [0.2, 0.25) is 0 Å². The Kier molecular flexibility index (Phi) is 7.37. The lowest BCUT2D eigenvalue weighted by Gasteiger charge is -2.26. The van der Waals surface area contributed by atoms with E-state index in [4.69, 9.17) is 9.72 Å². The third-order valence-electron chi connectivity index (χ3n) is 6.67. The summed E-state index contributed by atoms with van der Waals surface area (Å²) in [6.07, 6.45) is 2.59. The summed E-state index contributed by atoms with van der Waals surface area (Å²) in [7, 11) is 0. The topological polar surface area (TPSA) is 88.0 Å². The van der Waals surface area contributed by atoms with Crippen molar-refractivity contribution in [1.82, 2.24) is 19.6 Å². The molecule has 1 aliphatic heterocycles. The Labute approximate surface area is 220 Å². The number of benzene rings is 2. The highest BCUT2D eigenvalue weighted by Crippen LogP contribution is 2.28. The zero-order valence-electron chi connectivity index (χ0n) is 21.5. The molecule has 0 saturated carbocycles. The van der Waals surface area contributed by atoms with Crippen molar-refractivity contribution in [2.75, 3.05) is 31.6 Å². The molecule has 1 fully saturated rings. The van der Waals surface area contributed by atoms with E-state index in [9.17, 15) is 14.0 Å². The summed E-state index contributed by atoms with van der Waals surface area (Å²) >= 11 is 0. The maximum Gasteiger partial charge on any atom is 0.320 e. The van der Waals surface area contributed by atoms with E-state index in [1.807, 2.05) is 53.6 Å². The van der Waals surface area contributed by atoms with Gasteiger partial charge >= 0.3 is 6.03 Å². The molecule has 1 aliphatic rings. The maximum atomic E-state index is 13.2. The monoisotopic (exact) mass is 515 g/mol. The number of hydrogen-bond donors (Lipinski definition) is 2. The lowest BCUT2D eigenvalue weighted by molar-refractivity contribution is 0.0303. The second-order valence-corrected chi connectivity index (χ2v) is 9.28.